The maximum absolute atomic E-state index is 11.7. The van der Waals surface area contributed by atoms with E-state index >= 15 is 0 Å². The van der Waals surface area contributed by atoms with Crippen LogP contribution in [-0.2, 0) is 4.79 Å². The van der Waals surface area contributed by atoms with Crippen LogP contribution in [0.3, 0.4) is 0 Å². The summed E-state index contributed by atoms with van der Waals surface area (Å²) in [6.07, 6.45) is 5.75. The number of carbonyl (C=O) groups is 1. The van der Waals surface area contributed by atoms with Gasteiger partial charge in [0.15, 0.2) is 0 Å². The van der Waals surface area contributed by atoms with Crippen molar-refractivity contribution < 1.29 is 4.79 Å². The largest absolute Gasteiger partial charge is 0.351 e. The number of amidine groups is 1. The molecule has 0 atom stereocenters. The highest BCUT2D eigenvalue weighted by atomic mass is 16.2. The second kappa shape index (κ2) is 4.85. The molecule has 16 heavy (non-hydrogen) atoms. The Morgan fingerprint density at radius 3 is 2.62 bits per heavy atom. The van der Waals surface area contributed by atoms with Gasteiger partial charge in [0.25, 0.3) is 0 Å². The SMILES string of the molecule is CN1CCCN(C(=N)C2CCCC2)CC1=O. The molecule has 0 bridgehead atoms. The summed E-state index contributed by atoms with van der Waals surface area (Å²) in [6.45, 7) is 2.10. The third-order valence-corrected chi connectivity index (χ3v) is 3.76. The van der Waals surface area contributed by atoms with Gasteiger partial charge in [-0.3, -0.25) is 10.2 Å². The molecule has 1 amide bonds. The first-order valence-corrected chi connectivity index (χ1v) is 6.26. The van der Waals surface area contributed by atoms with Crippen molar-refractivity contribution in [3.63, 3.8) is 0 Å². The smallest absolute Gasteiger partial charge is 0.241 e. The highest BCUT2D eigenvalue weighted by Gasteiger charge is 2.27. The third kappa shape index (κ3) is 2.36. The predicted octanol–water partition coefficient (Wildman–Crippen LogP) is 1.32. The Hall–Kier alpha value is -1.06. The summed E-state index contributed by atoms with van der Waals surface area (Å²) in [4.78, 5) is 15.5. The number of carbonyl (C=O) groups excluding carboxylic acids is 1. The molecule has 90 valence electrons. The van der Waals surface area contributed by atoms with E-state index in [4.69, 9.17) is 5.41 Å². The van der Waals surface area contributed by atoms with E-state index in [0.29, 0.717) is 18.3 Å². The van der Waals surface area contributed by atoms with Crippen LogP contribution in [0.4, 0.5) is 0 Å². The molecular formula is C12H21N3O. The minimum Gasteiger partial charge on any atom is -0.351 e. The van der Waals surface area contributed by atoms with Gasteiger partial charge in [-0.25, -0.2) is 0 Å². The molecule has 2 fully saturated rings. The van der Waals surface area contributed by atoms with Crippen molar-refractivity contribution in [3.8, 4) is 0 Å². The number of nitrogens with zero attached hydrogens (tertiary/aromatic N) is 2. The lowest BCUT2D eigenvalue weighted by atomic mass is 10.1. The molecule has 0 aromatic heterocycles. The van der Waals surface area contributed by atoms with Gasteiger partial charge < -0.3 is 9.80 Å². The van der Waals surface area contributed by atoms with E-state index in [-0.39, 0.29) is 5.91 Å². The quantitative estimate of drug-likeness (QED) is 0.538. The molecule has 2 rings (SSSR count). The van der Waals surface area contributed by atoms with E-state index in [9.17, 15) is 4.79 Å². The minimum atomic E-state index is 0.153. The first-order chi connectivity index (χ1) is 7.68. The maximum Gasteiger partial charge on any atom is 0.241 e. The fraction of sp³-hybridized carbons (Fsp3) is 0.833. The number of rotatable bonds is 1. The standard InChI is InChI=1S/C12H21N3O/c1-14-7-4-8-15(9-11(14)16)12(13)10-5-2-3-6-10/h10,13H,2-9H2,1H3. The number of hydrogen-bond donors (Lipinski definition) is 1. The van der Waals surface area contributed by atoms with Gasteiger partial charge in [0.2, 0.25) is 5.91 Å². The van der Waals surface area contributed by atoms with E-state index in [1.165, 1.54) is 12.8 Å². The summed E-state index contributed by atoms with van der Waals surface area (Å²) < 4.78 is 0. The van der Waals surface area contributed by atoms with Gasteiger partial charge in [-0.15, -0.1) is 0 Å². The Morgan fingerprint density at radius 1 is 1.25 bits per heavy atom. The average Bonchev–Trinajstić information content (AvgIpc) is 2.74. The van der Waals surface area contributed by atoms with Crippen molar-refractivity contribution in [2.45, 2.75) is 32.1 Å². The lowest BCUT2D eigenvalue weighted by molar-refractivity contribution is -0.129. The second-order valence-corrected chi connectivity index (χ2v) is 4.96. The molecule has 1 aliphatic carbocycles. The van der Waals surface area contributed by atoms with Gasteiger partial charge in [-0.1, -0.05) is 12.8 Å². The molecule has 4 heteroatoms. The van der Waals surface area contributed by atoms with Crippen molar-refractivity contribution in [2.75, 3.05) is 26.7 Å². The van der Waals surface area contributed by atoms with Crippen LogP contribution in [0.15, 0.2) is 0 Å². The molecule has 1 saturated carbocycles. The third-order valence-electron chi connectivity index (χ3n) is 3.76. The fourth-order valence-electron chi connectivity index (χ4n) is 2.65. The van der Waals surface area contributed by atoms with E-state index in [1.54, 1.807) is 4.90 Å². The van der Waals surface area contributed by atoms with Gasteiger partial charge in [0.1, 0.15) is 0 Å². The van der Waals surface area contributed by atoms with E-state index < -0.39 is 0 Å². The molecule has 0 unspecified atom stereocenters. The highest BCUT2D eigenvalue weighted by Crippen LogP contribution is 2.27. The predicted molar refractivity (Wildman–Crippen MR) is 63.5 cm³/mol. The van der Waals surface area contributed by atoms with Crippen molar-refractivity contribution in [1.29, 1.82) is 5.41 Å². The number of hydrogen-bond acceptors (Lipinski definition) is 2. The summed E-state index contributed by atoms with van der Waals surface area (Å²) in [7, 11) is 1.85. The van der Waals surface area contributed by atoms with Gasteiger partial charge >= 0.3 is 0 Å². The molecule has 4 nitrogen and oxygen atoms in total. The molecule has 0 radical (unpaired) electrons. The monoisotopic (exact) mass is 223 g/mol. The van der Waals surface area contributed by atoms with Crippen LogP contribution < -0.4 is 0 Å². The molecule has 0 aromatic rings. The van der Waals surface area contributed by atoms with Gasteiger partial charge in [-0.05, 0) is 19.3 Å². The zero-order valence-corrected chi connectivity index (χ0v) is 10.0. The number of amides is 1. The van der Waals surface area contributed by atoms with Gasteiger partial charge in [0, 0.05) is 26.1 Å². The first-order valence-electron chi connectivity index (χ1n) is 6.26. The highest BCUT2D eigenvalue weighted by molar-refractivity contribution is 5.87. The normalized spacial score (nSPS) is 23.7. The summed E-state index contributed by atoms with van der Waals surface area (Å²) >= 11 is 0. The van der Waals surface area contributed by atoms with E-state index in [0.717, 1.165) is 32.4 Å². The van der Waals surface area contributed by atoms with E-state index in [1.807, 2.05) is 11.9 Å². The molecule has 1 saturated heterocycles. The molecule has 0 aromatic carbocycles. The summed E-state index contributed by atoms with van der Waals surface area (Å²) in [5.74, 6) is 1.28. The Balaban J connectivity index is 1.97. The Bertz CT molecular complexity index is 284. The average molecular weight is 223 g/mol. The van der Waals surface area contributed by atoms with Gasteiger partial charge in [0.05, 0.1) is 12.4 Å². The molecule has 2 aliphatic rings. The van der Waals surface area contributed by atoms with Crippen LogP contribution >= 0.6 is 0 Å². The van der Waals surface area contributed by atoms with Crippen molar-refractivity contribution >= 4 is 11.7 Å². The maximum atomic E-state index is 11.7. The van der Waals surface area contributed by atoms with Crippen LogP contribution in [0.1, 0.15) is 32.1 Å². The first kappa shape index (κ1) is 11.4. The Kier molecular flexibility index (Phi) is 3.46. The zero-order valence-electron chi connectivity index (χ0n) is 10.0. The molecule has 1 heterocycles. The van der Waals surface area contributed by atoms with Crippen LogP contribution in [0.5, 0.6) is 0 Å². The number of nitrogens with one attached hydrogen (secondary N) is 1. The molecule has 1 N–H and O–H groups in total. The molecule has 0 spiro atoms. The molecule has 1 aliphatic heterocycles. The van der Waals surface area contributed by atoms with E-state index in [2.05, 4.69) is 0 Å². The summed E-state index contributed by atoms with van der Waals surface area (Å²) in [5.41, 5.74) is 0. The lowest BCUT2D eigenvalue weighted by Gasteiger charge is -2.26. The van der Waals surface area contributed by atoms with Crippen molar-refractivity contribution in [3.05, 3.63) is 0 Å². The lowest BCUT2D eigenvalue weighted by Crippen LogP contribution is -2.40. The topological polar surface area (TPSA) is 47.4 Å². The van der Waals surface area contributed by atoms with Crippen molar-refractivity contribution in [2.24, 2.45) is 5.92 Å². The van der Waals surface area contributed by atoms with Crippen LogP contribution in [0.25, 0.3) is 0 Å². The second-order valence-electron chi connectivity index (χ2n) is 4.96. The summed E-state index contributed by atoms with van der Waals surface area (Å²) in [6, 6.07) is 0. The zero-order chi connectivity index (χ0) is 11.5. The minimum absolute atomic E-state index is 0.153. The number of likely N-dealkylation sites (N-methyl/N-ethyl adjacent to an activating group) is 1. The fourth-order valence-corrected chi connectivity index (χ4v) is 2.65. The van der Waals surface area contributed by atoms with Crippen LogP contribution in [0.2, 0.25) is 0 Å². The van der Waals surface area contributed by atoms with Crippen LogP contribution in [0, 0.1) is 11.3 Å². The van der Waals surface area contributed by atoms with Crippen LogP contribution in [-0.4, -0.2) is 48.2 Å². The Labute approximate surface area is 97.1 Å². The Morgan fingerprint density at radius 2 is 1.94 bits per heavy atom. The molecular weight excluding hydrogens is 202 g/mol. The van der Waals surface area contributed by atoms with Crippen molar-refractivity contribution in [1.82, 2.24) is 9.80 Å². The summed E-state index contributed by atoms with van der Waals surface area (Å²) in [5, 5.41) is 8.19. The van der Waals surface area contributed by atoms with Gasteiger partial charge in [-0.2, -0.15) is 0 Å².